The van der Waals surface area contributed by atoms with Gasteiger partial charge in [-0.25, -0.2) is 10.2 Å². The first kappa shape index (κ1) is 17.5. The Kier molecular flexibility index (Phi) is 4.62. The predicted molar refractivity (Wildman–Crippen MR) is 101 cm³/mol. The van der Waals surface area contributed by atoms with Crippen molar-refractivity contribution in [1.29, 1.82) is 0 Å². The molecule has 0 radical (unpaired) electrons. The molecule has 7 heteroatoms. The Labute approximate surface area is 150 Å². The van der Waals surface area contributed by atoms with Gasteiger partial charge in [-0.1, -0.05) is 0 Å². The van der Waals surface area contributed by atoms with Gasteiger partial charge in [0, 0.05) is 33.8 Å². The number of aromatic amines is 1. The number of ether oxygens (including phenoxy) is 2. The zero-order valence-electron chi connectivity index (χ0n) is 15.1. The van der Waals surface area contributed by atoms with E-state index in [0.717, 1.165) is 33.3 Å². The maximum absolute atomic E-state index is 11.2. The maximum Gasteiger partial charge on any atom is 0.425 e. The first-order valence-corrected chi connectivity index (χ1v) is 8.05. The van der Waals surface area contributed by atoms with Gasteiger partial charge in [0.15, 0.2) is 0 Å². The normalized spacial score (nSPS) is 10.6. The molecule has 0 aliphatic heterocycles. The van der Waals surface area contributed by atoms with Gasteiger partial charge in [-0.05, 0) is 43.7 Å². The first-order valence-electron chi connectivity index (χ1n) is 8.05. The highest BCUT2D eigenvalue weighted by molar-refractivity contribution is 6.00. The number of amides is 1. The van der Waals surface area contributed by atoms with Crippen molar-refractivity contribution in [1.82, 2.24) is 10.4 Å². The highest BCUT2D eigenvalue weighted by Crippen LogP contribution is 2.42. The fourth-order valence-electron chi connectivity index (χ4n) is 3.12. The van der Waals surface area contributed by atoms with E-state index in [1.807, 2.05) is 26.0 Å². The van der Waals surface area contributed by atoms with Gasteiger partial charge in [-0.15, -0.1) is 0 Å². The third-order valence-electron chi connectivity index (χ3n) is 4.23. The number of phenols is 1. The Morgan fingerprint density at radius 3 is 2.58 bits per heavy atom. The molecule has 26 heavy (non-hydrogen) atoms. The van der Waals surface area contributed by atoms with Crippen LogP contribution in [0.1, 0.15) is 11.3 Å². The first-order chi connectivity index (χ1) is 12.4. The minimum atomic E-state index is -0.589. The van der Waals surface area contributed by atoms with E-state index in [0.29, 0.717) is 11.4 Å². The summed E-state index contributed by atoms with van der Waals surface area (Å²) in [5.74, 6) is 0.849. The molecule has 2 aromatic carbocycles. The molecule has 136 valence electrons. The lowest BCUT2D eigenvalue weighted by Gasteiger charge is -2.16. The van der Waals surface area contributed by atoms with Crippen molar-refractivity contribution < 1.29 is 19.4 Å². The number of phenolic OH excluding ortho intramolecular Hbond substituents is 1. The fraction of sp³-hybridized carbons (Fsp3) is 0.211. The number of fused-ring (bicyclic) bond motifs is 1. The average Bonchev–Trinajstić information content (AvgIpc) is 2.94. The van der Waals surface area contributed by atoms with Crippen molar-refractivity contribution in [3.05, 3.63) is 41.6 Å². The number of benzene rings is 2. The second kappa shape index (κ2) is 6.87. The quantitative estimate of drug-likeness (QED) is 0.533. The Morgan fingerprint density at radius 1 is 1.12 bits per heavy atom. The molecule has 0 fully saturated rings. The molecule has 1 heterocycles. The summed E-state index contributed by atoms with van der Waals surface area (Å²) in [4.78, 5) is 14.6. The van der Waals surface area contributed by atoms with Crippen LogP contribution in [0.4, 0.5) is 10.5 Å². The number of anilines is 1. The molecule has 1 amide bonds. The molecule has 3 aromatic rings. The zero-order chi connectivity index (χ0) is 18.8. The molecule has 0 aliphatic carbocycles. The zero-order valence-corrected chi connectivity index (χ0v) is 15.1. The number of H-pyrrole nitrogens is 1. The molecular formula is C19H21N3O4. The van der Waals surface area contributed by atoms with E-state index in [1.54, 1.807) is 25.3 Å². The van der Waals surface area contributed by atoms with E-state index in [4.69, 9.17) is 4.74 Å². The van der Waals surface area contributed by atoms with Gasteiger partial charge in [-0.2, -0.15) is 0 Å². The van der Waals surface area contributed by atoms with Gasteiger partial charge in [-0.3, -0.25) is 5.43 Å². The Morgan fingerprint density at radius 2 is 1.88 bits per heavy atom. The summed E-state index contributed by atoms with van der Waals surface area (Å²) in [6.07, 6.45) is -0.589. The van der Waals surface area contributed by atoms with Crippen molar-refractivity contribution in [2.24, 2.45) is 0 Å². The number of methoxy groups -OCH3 is 2. The van der Waals surface area contributed by atoms with Gasteiger partial charge < -0.3 is 19.6 Å². The molecule has 0 atom stereocenters. The smallest absolute Gasteiger partial charge is 0.425 e. The van der Waals surface area contributed by atoms with Crippen molar-refractivity contribution >= 4 is 22.7 Å². The van der Waals surface area contributed by atoms with Crippen LogP contribution in [0.2, 0.25) is 0 Å². The molecular weight excluding hydrogens is 334 g/mol. The molecule has 0 bridgehead atoms. The SMILES string of the molecule is COC(=O)NNc1cc(C)c(-c2c(C)[nH]c3ccc(O)cc23)c(OC)c1. The van der Waals surface area contributed by atoms with E-state index in [1.165, 1.54) is 7.11 Å². The standard InChI is InChI=1S/C19H21N3O4/c1-10-7-12(21-22-19(24)26-4)8-16(25-3)17(10)18-11(2)20-15-6-5-13(23)9-14(15)18/h5-9,20-21,23H,1-4H3,(H,22,24). The van der Waals surface area contributed by atoms with Crippen LogP contribution in [-0.2, 0) is 4.74 Å². The summed E-state index contributed by atoms with van der Waals surface area (Å²) in [5.41, 5.74) is 10.6. The van der Waals surface area contributed by atoms with Crippen LogP contribution in [-0.4, -0.2) is 30.4 Å². The number of carbonyl (C=O) groups is 1. The summed E-state index contributed by atoms with van der Waals surface area (Å²) in [6.45, 7) is 3.94. The molecule has 4 N–H and O–H groups in total. The number of rotatable bonds is 4. The summed E-state index contributed by atoms with van der Waals surface area (Å²) >= 11 is 0. The van der Waals surface area contributed by atoms with E-state index >= 15 is 0 Å². The topological polar surface area (TPSA) is 95.6 Å². The van der Waals surface area contributed by atoms with Gasteiger partial charge in [0.05, 0.1) is 19.9 Å². The van der Waals surface area contributed by atoms with Crippen LogP contribution in [0.25, 0.3) is 22.0 Å². The maximum atomic E-state index is 11.2. The van der Waals surface area contributed by atoms with Crippen LogP contribution in [0.5, 0.6) is 11.5 Å². The third-order valence-corrected chi connectivity index (χ3v) is 4.23. The van der Waals surface area contributed by atoms with Crippen molar-refractivity contribution in [3.8, 4) is 22.6 Å². The Hall–Kier alpha value is -3.35. The number of nitrogens with one attached hydrogen (secondary N) is 3. The van der Waals surface area contributed by atoms with Crippen LogP contribution < -0.4 is 15.6 Å². The fourth-order valence-corrected chi connectivity index (χ4v) is 3.12. The molecule has 0 spiro atoms. The van der Waals surface area contributed by atoms with Crippen molar-refractivity contribution in [2.75, 3.05) is 19.6 Å². The molecule has 1 aromatic heterocycles. The Balaban J connectivity index is 2.12. The highest BCUT2D eigenvalue weighted by atomic mass is 16.5. The highest BCUT2D eigenvalue weighted by Gasteiger charge is 2.18. The average molecular weight is 355 g/mol. The minimum Gasteiger partial charge on any atom is -0.508 e. The lowest BCUT2D eigenvalue weighted by Crippen LogP contribution is -2.29. The number of aromatic nitrogens is 1. The number of carbonyl (C=O) groups excluding carboxylic acids is 1. The van der Waals surface area contributed by atoms with Gasteiger partial charge >= 0.3 is 6.09 Å². The second-order valence-corrected chi connectivity index (χ2v) is 5.97. The summed E-state index contributed by atoms with van der Waals surface area (Å²) in [7, 11) is 2.89. The number of hydrazine groups is 1. The van der Waals surface area contributed by atoms with E-state index in [2.05, 4.69) is 20.6 Å². The van der Waals surface area contributed by atoms with Crippen molar-refractivity contribution in [2.45, 2.75) is 13.8 Å². The van der Waals surface area contributed by atoms with E-state index in [9.17, 15) is 9.90 Å². The minimum absolute atomic E-state index is 0.204. The summed E-state index contributed by atoms with van der Waals surface area (Å²) < 4.78 is 10.1. The third kappa shape index (κ3) is 3.11. The number of hydrogen-bond acceptors (Lipinski definition) is 5. The van der Waals surface area contributed by atoms with Gasteiger partial charge in [0.25, 0.3) is 0 Å². The van der Waals surface area contributed by atoms with E-state index < -0.39 is 6.09 Å². The van der Waals surface area contributed by atoms with Gasteiger partial charge in [0.2, 0.25) is 0 Å². The largest absolute Gasteiger partial charge is 0.508 e. The van der Waals surface area contributed by atoms with Crippen LogP contribution >= 0.6 is 0 Å². The lowest BCUT2D eigenvalue weighted by atomic mass is 9.96. The molecule has 7 nitrogen and oxygen atoms in total. The van der Waals surface area contributed by atoms with Crippen molar-refractivity contribution in [3.63, 3.8) is 0 Å². The number of aryl methyl sites for hydroxylation is 2. The number of aromatic hydroxyl groups is 1. The van der Waals surface area contributed by atoms with E-state index in [-0.39, 0.29) is 5.75 Å². The monoisotopic (exact) mass is 355 g/mol. The van der Waals surface area contributed by atoms with Gasteiger partial charge in [0.1, 0.15) is 11.5 Å². The number of hydrogen-bond donors (Lipinski definition) is 4. The van der Waals surface area contributed by atoms with Crippen LogP contribution in [0.15, 0.2) is 30.3 Å². The Bertz CT molecular complexity index is 979. The summed E-state index contributed by atoms with van der Waals surface area (Å²) in [6, 6.07) is 8.92. The molecule has 0 saturated heterocycles. The molecule has 0 unspecified atom stereocenters. The van der Waals surface area contributed by atoms with Crippen LogP contribution in [0.3, 0.4) is 0 Å². The molecule has 3 rings (SSSR count). The predicted octanol–water partition coefficient (Wildman–Crippen LogP) is 3.85. The van der Waals surface area contributed by atoms with Crippen LogP contribution in [0, 0.1) is 13.8 Å². The lowest BCUT2D eigenvalue weighted by molar-refractivity contribution is 0.173. The molecule has 0 aliphatic rings. The second-order valence-electron chi connectivity index (χ2n) is 5.97. The summed E-state index contributed by atoms with van der Waals surface area (Å²) in [5, 5.41) is 10.8. The molecule has 0 saturated carbocycles.